The molecule has 16 heavy (non-hydrogen) atoms. The van der Waals surface area contributed by atoms with Crippen LogP contribution in [0.15, 0.2) is 0 Å². The molecule has 0 saturated carbocycles. The van der Waals surface area contributed by atoms with Crippen molar-refractivity contribution in [3.63, 3.8) is 0 Å². The van der Waals surface area contributed by atoms with E-state index in [9.17, 15) is 0 Å². The minimum absolute atomic E-state index is 0.627. The third kappa shape index (κ3) is 7.38. The molecule has 0 aromatic carbocycles. The summed E-state index contributed by atoms with van der Waals surface area (Å²) in [5.41, 5.74) is 6.12. The van der Waals surface area contributed by atoms with Crippen molar-refractivity contribution in [3.05, 3.63) is 0 Å². The van der Waals surface area contributed by atoms with E-state index in [2.05, 4.69) is 6.92 Å². The lowest BCUT2D eigenvalue weighted by Gasteiger charge is -2.22. The molecule has 1 unspecified atom stereocenters. The third-order valence-corrected chi connectivity index (χ3v) is 5.17. The van der Waals surface area contributed by atoms with Crippen molar-refractivity contribution in [3.8, 4) is 0 Å². The predicted molar refractivity (Wildman–Crippen MR) is 70.6 cm³/mol. The second kappa shape index (κ2) is 11.6. The van der Waals surface area contributed by atoms with Gasteiger partial charge in [0.05, 0.1) is 0 Å². The summed E-state index contributed by atoms with van der Waals surface area (Å²) in [4.78, 5) is 0. The van der Waals surface area contributed by atoms with Crippen LogP contribution < -0.4 is 5.73 Å². The van der Waals surface area contributed by atoms with Crippen molar-refractivity contribution in [1.82, 2.24) is 0 Å². The molecule has 0 rings (SSSR count). The van der Waals surface area contributed by atoms with Crippen molar-refractivity contribution < 1.29 is 8.85 Å². The van der Waals surface area contributed by atoms with Gasteiger partial charge in [-0.2, -0.15) is 0 Å². The summed E-state index contributed by atoms with van der Waals surface area (Å²) >= 11 is 0. The molecule has 0 aliphatic carbocycles. The Labute approximate surface area is 103 Å². The highest BCUT2D eigenvalue weighted by molar-refractivity contribution is 6.46. The van der Waals surface area contributed by atoms with E-state index in [0.29, 0.717) is 5.54 Å². The molecule has 0 saturated heterocycles. The van der Waals surface area contributed by atoms with Crippen LogP contribution in [0.2, 0.25) is 5.54 Å². The molecular formula is C12H28NO2Si. The lowest BCUT2D eigenvalue weighted by atomic mass is 10.1. The molecule has 0 bridgehead atoms. The van der Waals surface area contributed by atoms with Crippen molar-refractivity contribution >= 4 is 9.28 Å². The maximum atomic E-state index is 5.75. The van der Waals surface area contributed by atoms with E-state index in [1.165, 1.54) is 19.3 Å². The van der Waals surface area contributed by atoms with E-state index in [0.717, 1.165) is 32.6 Å². The van der Waals surface area contributed by atoms with Gasteiger partial charge in [0, 0.05) is 18.8 Å². The maximum absolute atomic E-state index is 5.75. The molecule has 0 aliphatic heterocycles. The van der Waals surface area contributed by atoms with Gasteiger partial charge in [0.25, 0.3) is 0 Å². The van der Waals surface area contributed by atoms with Crippen LogP contribution in [0.5, 0.6) is 0 Å². The number of hydrogen-bond donors (Lipinski definition) is 1. The Morgan fingerprint density at radius 1 is 1.00 bits per heavy atom. The van der Waals surface area contributed by atoms with Crippen LogP contribution in [0, 0.1) is 0 Å². The van der Waals surface area contributed by atoms with Gasteiger partial charge >= 0.3 is 9.28 Å². The normalized spacial score (nSPS) is 13.3. The van der Waals surface area contributed by atoms with E-state index in [-0.39, 0.29) is 0 Å². The molecule has 0 fully saturated rings. The minimum atomic E-state index is -1.05. The Morgan fingerprint density at radius 3 is 2.06 bits per heavy atom. The number of rotatable bonds is 11. The lowest BCUT2D eigenvalue weighted by molar-refractivity contribution is 0.200. The molecule has 0 spiro atoms. The maximum Gasteiger partial charge on any atom is 0.387 e. The van der Waals surface area contributed by atoms with Crippen molar-refractivity contribution in [2.75, 3.05) is 19.8 Å². The van der Waals surface area contributed by atoms with Crippen molar-refractivity contribution in [2.45, 2.75) is 58.4 Å². The Morgan fingerprint density at radius 2 is 1.62 bits per heavy atom. The summed E-state index contributed by atoms with van der Waals surface area (Å²) in [5.74, 6) is 0. The standard InChI is InChI=1S/C12H28NO2Si/c1-4-12(10-8-7-9-11-13)16(14-5-2)15-6-3/h12H,4-11,13H2,1-3H3. The Kier molecular flexibility index (Phi) is 11.6. The summed E-state index contributed by atoms with van der Waals surface area (Å²) < 4.78 is 11.5. The van der Waals surface area contributed by atoms with Gasteiger partial charge in [-0.25, -0.2) is 0 Å². The van der Waals surface area contributed by atoms with Gasteiger partial charge in [0.15, 0.2) is 0 Å². The van der Waals surface area contributed by atoms with Crippen LogP contribution in [0.3, 0.4) is 0 Å². The summed E-state index contributed by atoms with van der Waals surface area (Å²) in [6.45, 7) is 8.68. The average Bonchev–Trinajstić information content (AvgIpc) is 2.29. The van der Waals surface area contributed by atoms with Crippen LogP contribution in [-0.2, 0) is 8.85 Å². The zero-order valence-corrected chi connectivity index (χ0v) is 12.1. The first-order chi connectivity index (χ1) is 7.79. The van der Waals surface area contributed by atoms with E-state index in [4.69, 9.17) is 14.6 Å². The van der Waals surface area contributed by atoms with Gasteiger partial charge in [0.1, 0.15) is 0 Å². The SMILES string of the molecule is CCO[Si](OCC)C(CC)CCCCCN. The first kappa shape index (κ1) is 16.1. The molecule has 0 heterocycles. The summed E-state index contributed by atoms with van der Waals surface area (Å²) in [6, 6.07) is 0. The predicted octanol–water partition coefficient (Wildman–Crippen LogP) is 2.85. The zero-order chi connectivity index (χ0) is 12.2. The monoisotopic (exact) mass is 246 g/mol. The third-order valence-electron chi connectivity index (χ3n) is 2.66. The van der Waals surface area contributed by atoms with Gasteiger partial charge in [0.2, 0.25) is 0 Å². The Hall–Kier alpha value is 0.0969. The number of unbranched alkanes of at least 4 members (excludes halogenated alkanes) is 2. The van der Waals surface area contributed by atoms with Gasteiger partial charge in [-0.05, 0) is 33.2 Å². The summed E-state index contributed by atoms with van der Waals surface area (Å²) in [7, 11) is -1.05. The second-order valence-electron chi connectivity index (χ2n) is 3.93. The molecule has 1 atom stereocenters. The molecule has 0 aromatic heterocycles. The second-order valence-corrected chi connectivity index (χ2v) is 5.96. The molecule has 97 valence electrons. The van der Waals surface area contributed by atoms with Crippen LogP contribution in [0.4, 0.5) is 0 Å². The van der Waals surface area contributed by atoms with Crippen LogP contribution in [-0.4, -0.2) is 29.0 Å². The smallest absolute Gasteiger partial charge is 0.387 e. The van der Waals surface area contributed by atoms with Crippen LogP contribution in [0.25, 0.3) is 0 Å². The molecule has 0 amide bonds. The zero-order valence-electron chi connectivity index (χ0n) is 11.1. The van der Waals surface area contributed by atoms with Crippen molar-refractivity contribution in [1.29, 1.82) is 0 Å². The van der Waals surface area contributed by atoms with E-state index >= 15 is 0 Å². The van der Waals surface area contributed by atoms with Crippen LogP contribution >= 0.6 is 0 Å². The largest absolute Gasteiger partial charge is 0.393 e. The van der Waals surface area contributed by atoms with Crippen molar-refractivity contribution in [2.24, 2.45) is 5.73 Å². The fourth-order valence-corrected chi connectivity index (χ4v) is 3.66. The minimum Gasteiger partial charge on any atom is -0.393 e. The molecule has 3 nitrogen and oxygen atoms in total. The first-order valence-corrected chi connectivity index (χ1v) is 8.01. The average molecular weight is 246 g/mol. The molecule has 0 aromatic rings. The Balaban J connectivity index is 3.89. The summed E-state index contributed by atoms with van der Waals surface area (Å²) in [5, 5.41) is 0. The first-order valence-electron chi connectivity index (χ1n) is 6.62. The molecule has 1 radical (unpaired) electrons. The molecule has 2 N–H and O–H groups in total. The highest BCUT2D eigenvalue weighted by Crippen LogP contribution is 2.24. The topological polar surface area (TPSA) is 44.5 Å². The van der Waals surface area contributed by atoms with Gasteiger partial charge in [-0.15, -0.1) is 0 Å². The fourth-order valence-electron chi connectivity index (χ4n) is 1.76. The van der Waals surface area contributed by atoms with E-state index in [1.54, 1.807) is 0 Å². The molecule has 0 aliphatic rings. The highest BCUT2D eigenvalue weighted by atomic mass is 28.3. The summed E-state index contributed by atoms with van der Waals surface area (Å²) in [6.07, 6.45) is 6.02. The van der Waals surface area contributed by atoms with Crippen LogP contribution in [0.1, 0.15) is 52.9 Å². The molecular weight excluding hydrogens is 218 g/mol. The number of hydrogen-bond acceptors (Lipinski definition) is 3. The van der Waals surface area contributed by atoms with Gasteiger partial charge in [-0.1, -0.05) is 26.2 Å². The Bertz CT molecular complexity index is 141. The van der Waals surface area contributed by atoms with E-state index < -0.39 is 9.28 Å². The molecule has 4 heteroatoms. The quantitative estimate of drug-likeness (QED) is 0.450. The van der Waals surface area contributed by atoms with E-state index in [1.807, 2.05) is 13.8 Å². The highest BCUT2D eigenvalue weighted by Gasteiger charge is 2.25. The lowest BCUT2D eigenvalue weighted by Crippen LogP contribution is -2.29. The fraction of sp³-hybridized carbons (Fsp3) is 1.00. The van der Waals surface area contributed by atoms with Gasteiger partial charge < -0.3 is 14.6 Å². The number of nitrogens with two attached hydrogens (primary N) is 1. The van der Waals surface area contributed by atoms with Gasteiger partial charge in [-0.3, -0.25) is 0 Å².